The summed E-state index contributed by atoms with van der Waals surface area (Å²) in [7, 11) is 0. The molecule has 1 amide bonds. The second-order valence-corrected chi connectivity index (χ2v) is 3.07. The molecule has 0 aromatic carbocycles. The molecule has 82 valence electrons. The number of rotatable bonds is 4. The minimum Gasteiger partial charge on any atom is -0.394 e. The molecule has 0 saturated carbocycles. The smallest absolute Gasteiger partial charge is 0.321 e. The molecule has 15 heavy (non-hydrogen) atoms. The zero-order valence-electron chi connectivity index (χ0n) is 8.06. The molecule has 7 heteroatoms. The van der Waals surface area contributed by atoms with Crippen LogP contribution in [0.15, 0.2) is 12.1 Å². The Kier molecular flexibility index (Phi) is 3.40. The van der Waals surface area contributed by atoms with Gasteiger partial charge in [-0.15, -0.1) is 0 Å². The van der Waals surface area contributed by atoms with Gasteiger partial charge in [0.2, 0.25) is 0 Å². The normalized spacial score (nSPS) is 12.1. The van der Waals surface area contributed by atoms with Crippen molar-refractivity contribution in [1.29, 1.82) is 0 Å². The maximum absolute atomic E-state index is 11.4. The molecule has 0 aliphatic rings. The molecule has 0 aliphatic heterocycles. The summed E-state index contributed by atoms with van der Waals surface area (Å²) in [5.41, 5.74) is 0.0991. The van der Waals surface area contributed by atoms with Gasteiger partial charge in [0, 0.05) is 12.1 Å². The lowest BCUT2D eigenvalue weighted by atomic mass is 10.3. The van der Waals surface area contributed by atoms with E-state index in [4.69, 9.17) is 5.11 Å². The maximum Gasteiger partial charge on any atom is 0.321 e. The summed E-state index contributed by atoms with van der Waals surface area (Å²) in [6.07, 6.45) is 0. The van der Waals surface area contributed by atoms with Gasteiger partial charge in [0.15, 0.2) is 5.69 Å². The molecule has 0 aliphatic carbocycles. The van der Waals surface area contributed by atoms with E-state index in [1.807, 2.05) is 0 Å². The summed E-state index contributed by atoms with van der Waals surface area (Å²) < 4.78 is 0. The van der Waals surface area contributed by atoms with Crippen LogP contribution in [0.2, 0.25) is 0 Å². The van der Waals surface area contributed by atoms with Crippen LogP contribution in [-0.4, -0.2) is 33.6 Å². The van der Waals surface area contributed by atoms with Crippen molar-refractivity contribution in [1.82, 2.24) is 10.3 Å². The van der Waals surface area contributed by atoms with Gasteiger partial charge in [-0.05, 0) is 17.9 Å². The molecule has 1 aromatic rings. The number of carbonyl (C=O) groups is 1. The Bertz CT molecular complexity index is 374. The first-order valence-electron chi connectivity index (χ1n) is 4.29. The molecule has 1 rings (SSSR count). The van der Waals surface area contributed by atoms with Crippen LogP contribution in [0.25, 0.3) is 0 Å². The molecule has 0 radical (unpaired) electrons. The lowest BCUT2D eigenvalue weighted by molar-refractivity contribution is -0.389. The zero-order chi connectivity index (χ0) is 11.4. The molecule has 1 heterocycles. The van der Waals surface area contributed by atoms with Crippen molar-refractivity contribution in [2.45, 2.75) is 13.0 Å². The molecule has 0 unspecified atom stereocenters. The van der Waals surface area contributed by atoms with Crippen LogP contribution in [0.1, 0.15) is 17.4 Å². The Morgan fingerprint density at radius 2 is 2.40 bits per heavy atom. The van der Waals surface area contributed by atoms with Gasteiger partial charge in [0.25, 0.3) is 5.91 Å². The number of nitrogens with one attached hydrogen (secondary N) is 2. The maximum atomic E-state index is 11.4. The van der Waals surface area contributed by atoms with Crippen molar-refractivity contribution in [2.75, 3.05) is 6.61 Å². The lowest BCUT2D eigenvalue weighted by Crippen LogP contribution is -2.35. The predicted octanol–water partition coefficient (Wildman–Crippen LogP) is 0.0335. The van der Waals surface area contributed by atoms with Gasteiger partial charge in [-0.3, -0.25) is 4.79 Å². The molecule has 1 aromatic heterocycles. The average molecular weight is 213 g/mol. The lowest BCUT2D eigenvalue weighted by Gasteiger charge is -2.07. The Labute approximate surface area is 85.3 Å². The minimum absolute atomic E-state index is 0.0991. The molecular formula is C8H11N3O4. The third-order valence-corrected chi connectivity index (χ3v) is 1.76. The summed E-state index contributed by atoms with van der Waals surface area (Å²) in [6, 6.07) is 2.13. The van der Waals surface area contributed by atoms with Gasteiger partial charge in [0.1, 0.15) is 0 Å². The largest absolute Gasteiger partial charge is 0.394 e. The molecule has 0 spiro atoms. The van der Waals surface area contributed by atoms with Crippen molar-refractivity contribution in [3.8, 4) is 0 Å². The monoisotopic (exact) mass is 213 g/mol. The van der Waals surface area contributed by atoms with E-state index in [2.05, 4.69) is 10.3 Å². The fraction of sp³-hybridized carbons (Fsp3) is 0.375. The molecule has 7 nitrogen and oxygen atoms in total. The Morgan fingerprint density at radius 3 is 2.87 bits per heavy atom. The summed E-state index contributed by atoms with van der Waals surface area (Å²) in [6.45, 7) is 1.43. The first-order valence-corrected chi connectivity index (χ1v) is 4.29. The predicted molar refractivity (Wildman–Crippen MR) is 51.5 cm³/mol. The topological polar surface area (TPSA) is 108 Å². The van der Waals surface area contributed by atoms with Crippen LogP contribution in [-0.2, 0) is 0 Å². The van der Waals surface area contributed by atoms with Crippen LogP contribution in [0.5, 0.6) is 0 Å². The number of hydrogen-bond donors (Lipinski definition) is 3. The molecule has 0 saturated heterocycles. The van der Waals surface area contributed by atoms with Gasteiger partial charge >= 0.3 is 5.82 Å². The van der Waals surface area contributed by atoms with Crippen molar-refractivity contribution in [3.63, 3.8) is 0 Å². The number of aliphatic hydroxyl groups excluding tert-OH is 1. The first-order chi connectivity index (χ1) is 7.04. The SMILES string of the molecule is C[C@@H](CO)NC(=O)c1ccc([N+](=O)[O-])[nH]1. The Hall–Kier alpha value is -1.89. The van der Waals surface area contributed by atoms with E-state index in [0.717, 1.165) is 0 Å². The zero-order valence-corrected chi connectivity index (χ0v) is 8.06. The third-order valence-electron chi connectivity index (χ3n) is 1.76. The van der Waals surface area contributed by atoms with Gasteiger partial charge < -0.3 is 20.5 Å². The van der Waals surface area contributed by atoms with Crippen LogP contribution in [0, 0.1) is 10.1 Å². The van der Waals surface area contributed by atoms with E-state index >= 15 is 0 Å². The fourth-order valence-electron chi connectivity index (χ4n) is 0.970. The minimum atomic E-state index is -0.619. The second-order valence-electron chi connectivity index (χ2n) is 3.07. The molecule has 0 fully saturated rings. The summed E-state index contributed by atoms with van der Waals surface area (Å²) in [5.74, 6) is -0.721. The molecular weight excluding hydrogens is 202 g/mol. The van der Waals surface area contributed by atoms with Crippen LogP contribution >= 0.6 is 0 Å². The number of aromatic amines is 1. The van der Waals surface area contributed by atoms with Crippen LogP contribution in [0.3, 0.4) is 0 Å². The number of amides is 1. The Morgan fingerprint density at radius 1 is 1.73 bits per heavy atom. The highest BCUT2D eigenvalue weighted by Crippen LogP contribution is 2.09. The average Bonchev–Trinajstić information content (AvgIpc) is 2.66. The molecule has 1 atom stereocenters. The third kappa shape index (κ3) is 2.78. The number of H-pyrrole nitrogens is 1. The van der Waals surface area contributed by atoms with E-state index in [0.29, 0.717) is 0 Å². The highest BCUT2D eigenvalue weighted by Gasteiger charge is 2.16. The molecule has 0 bridgehead atoms. The highest BCUT2D eigenvalue weighted by molar-refractivity contribution is 5.93. The number of nitrogens with zero attached hydrogens (tertiary/aromatic N) is 1. The summed E-state index contributed by atoms with van der Waals surface area (Å²) in [4.78, 5) is 23.4. The highest BCUT2D eigenvalue weighted by atomic mass is 16.6. The first kappa shape index (κ1) is 11.2. The van der Waals surface area contributed by atoms with Crippen molar-refractivity contribution >= 4 is 11.7 Å². The van der Waals surface area contributed by atoms with Crippen molar-refractivity contribution < 1.29 is 14.8 Å². The summed E-state index contributed by atoms with van der Waals surface area (Å²) >= 11 is 0. The van der Waals surface area contributed by atoms with E-state index in [1.54, 1.807) is 6.92 Å². The fourth-order valence-corrected chi connectivity index (χ4v) is 0.970. The quantitative estimate of drug-likeness (QED) is 0.484. The Balaban J connectivity index is 2.70. The standard InChI is InChI=1S/C8H11N3O4/c1-5(4-12)9-8(13)6-2-3-7(10-6)11(14)15/h2-3,5,10,12H,4H2,1H3,(H,9,13)/t5-/m0/s1. The van der Waals surface area contributed by atoms with Gasteiger partial charge in [0.05, 0.1) is 6.61 Å². The van der Waals surface area contributed by atoms with E-state index < -0.39 is 10.8 Å². The summed E-state index contributed by atoms with van der Waals surface area (Å²) in [5, 5.41) is 21.5. The number of aliphatic hydroxyl groups is 1. The number of aromatic nitrogens is 1. The molecule has 3 N–H and O–H groups in total. The van der Waals surface area contributed by atoms with Crippen molar-refractivity contribution in [3.05, 3.63) is 27.9 Å². The van der Waals surface area contributed by atoms with Gasteiger partial charge in [-0.2, -0.15) is 0 Å². The van der Waals surface area contributed by atoms with Crippen molar-refractivity contribution in [2.24, 2.45) is 0 Å². The van der Waals surface area contributed by atoms with Gasteiger partial charge in [-0.25, -0.2) is 4.98 Å². The second kappa shape index (κ2) is 4.56. The number of nitro groups is 1. The number of hydrogen-bond acceptors (Lipinski definition) is 4. The van der Waals surface area contributed by atoms with E-state index in [9.17, 15) is 14.9 Å². The van der Waals surface area contributed by atoms with E-state index in [1.165, 1.54) is 12.1 Å². The number of carbonyl (C=O) groups excluding carboxylic acids is 1. The van der Waals surface area contributed by atoms with E-state index in [-0.39, 0.29) is 24.2 Å². The van der Waals surface area contributed by atoms with Crippen LogP contribution < -0.4 is 5.32 Å². The van der Waals surface area contributed by atoms with Gasteiger partial charge in [-0.1, -0.05) is 0 Å². The van der Waals surface area contributed by atoms with Crippen LogP contribution in [0.4, 0.5) is 5.82 Å².